The van der Waals surface area contributed by atoms with Gasteiger partial charge < -0.3 is 14.8 Å². The van der Waals surface area contributed by atoms with Gasteiger partial charge >= 0.3 is 0 Å². The van der Waals surface area contributed by atoms with E-state index in [4.69, 9.17) is 9.47 Å². The maximum atomic E-state index is 5.49. The van der Waals surface area contributed by atoms with Crippen LogP contribution in [-0.4, -0.2) is 32.3 Å². The van der Waals surface area contributed by atoms with Crippen molar-refractivity contribution in [3.8, 4) is 5.75 Å². The standard InChI is InChI=1S/C11H18N2O2/c1-12-4-3-5-15-9-10-6-11(14-2)8-13-7-10/h6-8,12H,3-5,9H2,1-2H3. The summed E-state index contributed by atoms with van der Waals surface area (Å²) < 4.78 is 10.6. The molecule has 0 radical (unpaired) electrons. The van der Waals surface area contributed by atoms with Gasteiger partial charge in [0.05, 0.1) is 19.9 Å². The second-order valence-electron chi connectivity index (χ2n) is 3.24. The van der Waals surface area contributed by atoms with Crippen LogP contribution in [0.4, 0.5) is 0 Å². The summed E-state index contributed by atoms with van der Waals surface area (Å²) in [6, 6.07) is 1.94. The molecule has 0 aliphatic heterocycles. The van der Waals surface area contributed by atoms with Crippen LogP contribution in [0.15, 0.2) is 18.5 Å². The number of methoxy groups -OCH3 is 1. The van der Waals surface area contributed by atoms with Gasteiger partial charge in [0.2, 0.25) is 0 Å². The molecule has 0 fully saturated rings. The van der Waals surface area contributed by atoms with Gasteiger partial charge in [-0.05, 0) is 31.6 Å². The molecule has 1 rings (SSSR count). The molecule has 0 aliphatic rings. The third-order valence-corrected chi connectivity index (χ3v) is 1.99. The average Bonchev–Trinajstić information content (AvgIpc) is 2.29. The Hall–Kier alpha value is -1.13. The Morgan fingerprint density at radius 1 is 1.40 bits per heavy atom. The predicted molar refractivity (Wildman–Crippen MR) is 59.0 cm³/mol. The highest BCUT2D eigenvalue weighted by Crippen LogP contribution is 2.10. The molecule has 0 atom stereocenters. The first-order chi connectivity index (χ1) is 7.36. The van der Waals surface area contributed by atoms with Crippen LogP contribution in [0.3, 0.4) is 0 Å². The van der Waals surface area contributed by atoms with Gasteiger partial charge in [-0.15, -0.1) is 0 Å². The van der Waals surface area contributed by atoms with Crippen LogP contribution < -0.4 is 10.1 Å². The lowest BCUT2D eigenvalue weighted by atomic mass is 10.3. The fourth-order valence-electron chi connectivity index (χ4n) is 1.20. The number of nitrogens with one attached hydrogen (secondary N) is 1. The molecule has 15 heavy (non-hydrogen) atoms. The molecular formula is C11H18N2O2. The zero-order valence-electron chi connectivity index (χ0n) is 9.32. The summed E-state index contributed by atoms with van der Waals surface area (Å²) in [5.41, 5.74) is 1.04. The lowest BCUT2D eigenvalue weighted by Gasteiger charge is -2.05. The first kappa shape index (κ1) is 11.9. The van der Waals surface area contributed by atoms with E-state index in [0.29, 0.717) is 6.61 Å². The van der Waals surface area contributed by atoms with E-state index in [1.165, 1.54) is 0 Å². The van der Waals surface area contributed by atoms with Gasteiger partial charge in [-0.2, -0.15) is 0 Å². The Morgan fingerprint density at radius 2 is 2.27 bits per heavy atom. The van der Waals surface area contributed by atoms with Crippen LogP contribution in [0.2, 0.25) is 0 Å². The van der Waals surface area contributed by atoms with E-state index in [1.54, 1.807) is 19.5 Å². The van der Waals surface area contributed by atoms with E-state index in [1.807, 2.05) is 13.1 Å². The quantitative estimate of drug-likeness (QED) is 0.687. The molecular weight excluding hydrogens is 192 g/mol. The summed E-state index contributed by atoms with van der Waals surface area (Å²) in [5.74, 6) is 0.770. The van der Waals surface area contributed by atoms with Crippen molar-refractivity contribution in [1.82, 2.24) is 10.3 Å². The fraction of sp³-hybridized carbons (Fsp3) is 0.545. The molecule has 0 saturated carbocycles. The SMILES string of the molecule is CNCCCOCc1cncc(OC)c1. The average molecular weight is 210 g/mol. The van der Waals surface area contributed by atoms with E-state index in [0.717, 1.165) is 30.9 Å². The van der Waals surface area contributed by atoms with E-state index < -0.39 is 0 Å². The fourth-order valence-corrected chi connectivity index (χ4v) is 1.20. The topological polar surface area (TPSA) is 43.4 Å². The zero-order valence-corrected chi connectivity index (χ0v) is 9.32. The van der Waals surface area contributed by atoms with Crippen LogP contribution >= 0.6 is 0 Å². The normalized spacial score (nSPS) is 10.3. The highest BCUT2D eigenvalue weighted by molar-refractivity contribution is 5.22. The molecule has 1 aromatic heterocycles. The minimum atomic E-state index is 0.591. The summed E-state index contributed by atoms with van der Waals surface area (Å²) in [4.78, 5) is 4.05. The monoisotopic (exact) mass is 210 g/mol. The van der Waals surface area contributed by atoms with Crippen molar-refractivity contribution in [2.45, 2.75) is 13.0 Å². The van der Waals surface area contributed by atoms with E-state index >= 15 is 0 Å². The smallest absolute Gasteiger partial charge is 0.137 e. The highest BCUT2D eigenvalue weighted by atomic mass is 16.5. The number of hydrogen-bond acceptors (Lipinski definition) is 4. The molecule has 0 amide bonds. The summed E-state index contributed by atoms with van der Waals surface area (Å²) >= 11 is 0. The molecule has 0 spiro atoms. The summed E-state index contributed by atoms with van der Waals surface area (Å²) in [5, 5.41) is 3.07. The van der Waals surface area contributed by atoms with Crippen molar-refractivity contribution in [2.75, 3.05) is 27.3 Å². The zero-order chi connectivity index (χ0) is 10.9. The lowest BCUT2D eigenvalue weighted by Crippen LogP contribution is -2.10. The highest BCUT2D eigenvalue weighted by Gasteiger charge is 1.96. The summed E-state index contributed by atoms with van der Waals surface area (Å²) in [6.45, 7) is 2.34. The summed E-state index contributed by atoms with van der Waals surface area (Å²) in [6.07, 6.45) is 4.50. The molecule has 4 heteroatoms. The Morgan fingerprint density at radius 3 is 3.00 bits per heavy atom. The van der Waals surface area contributed by atoms with Gasteiger partial charge in [0.25, 0.3) is 0 Å². The third kappa shape index (κ3) is 4.76. The Kier molecular flexibility index (Phi) is 5.73. The number of rotatable bonds is 7. The lowest BCUT2D eigenvalue weighted by molar-refractivity contribution is 0.118. The molecule has 1 aromatic rings. The van der Waals surface area contributed by atoms with E-state index in [9.17, 15) is 0 Å². The van der Waals surface area contributed by atoms with E-state index in [-0.39, 0.29) is 0 Å². The first-order valence-corrected chi connectivity index (χ1v) is 5.07. The molecule has 0 aliphatic carbocycles. The van der Waals surface area contributed by atoms with Crippen molar-refractivity contribution >= 4 is 0 Å². The minimum Gasteiger partial charge on any atom is -0.495 e. The maximum absolute atomic E-state index is 5.49. The first-order valence-electron chi connectivity index (χ1n) is 5.07. The second-order valence-corrected chi connectivity index (χ2v) is 3.24. The van der Waals surface area contributed by atoms with Crippen molar-refractivity contribution in [3.05, 3.63) is 24.0 Å². The molecule has 1 heterocycles. The Balaban J connectivity index is 2.24. The van der Waals surface area contributed by atoms with Gasteiger partial charge in [0.15, 0.2) is 0 Å². The van der Waals surface area contributed by atoms with Crippen LogP contribution in [0.25, 0.3) is 0 Å². The molecule has 0 unspecified atom stereocenters. The van der Waals surface area contributed by atoms with Crippen molar-refractivity contribution in [1.29, 1.82) is 0 Å². The molecule has 0 bridgehead atoms. The molecule has 0 aromatic carbocycles. The number of ether oxygens (including phenoxy) is 2. The van der Waals surface area contributed by atoms with Gasteiger partial charge in [-0.1, -0.05) is 0 Å². The number of pyridine rings is 1. The van der Waals surface area contributed by atoms with Crippen molar-refractivity contribution in [2.24, 2.45) is 0 Å². The van der Waals surface area contributed by atoms with Crippen LogP contribution in [-0.2, 0) is 11.3 Å². The second kappa shape index (κ2) is 7.20. The van der Waals surface area contributed by atoms with Crippen LogP contribution in [0.5, 0.6) is 5.75 Å². The van der Waals surface area contributed by atoms with Gasteiger partial charge in [-0.25, -0.2) is 0 Å². The molecule has 4 nitrogen and oxygen atoms in total. The maximum Gasteiger partial charge on any atom is 0.137 e. The minimum absolute atomic E-state index is 0.591. The summed E-state index contributed by atoms with van der Waals surface area (Å²) in [7, 11) is 3.57. The van der Waals surface area contributed by atoms with E-state index in [2.05, 4.69) is 10.3 Å². The number of aromatic nitrogens is 1. The molecule has 0 saturated heterocycles. The largest absolute Gasteiger partial charge is 0.495 e. The van der Waals surface area contributed by atoms with Crippen molar-refractivity contribution < 1.29 is 9.47 Å². The molecule has 84 valence electrons. The van der Waals surface area contributed by atoms with Gasteiger partial charge in [-0.3, -0.25) is 4.98 Å². The Labute approximate surface area is 90.6 Å². The Bertz CT molecular complexity index is 279. The number of nitrogens with zero attached hydrogens (tertiary/aromatic N) is 1. The van der Waals surface area contributed by atoms with Crippen molar-refractivity contribution in [3.63, 3.8) is 0 Å². The van der Waals surface area contributed by atoms with Crippen LogP contribution in [0, 0.1) is 0 Å². The van der Waals surface area contributed by atoms with Gasteiger partial charge in [0.1, 0.15) is 5.75 Å². The van der Waals surface area contributed by atoms with Crippen LogP contribution in [0.1, 0.15) is 12.0 Å². The third-order valence-electron chi connectivity index (χ3n) is 1.99. The number of hydrogen-bond donors (Lipinski definition) is 1. The molecule has 1 N–H and O–H groups in total. The predicted octanol–water partition coefficient (Wildman–Crippen LogP) is 1.22. The van der Waals surface area contributed by atoms with Gasteiger partial charge in [0, 0.05) is 12.8 Å².